The lowest BCUT2D eigenvalue weighted by Gasteiger charge is -2.18. The first-order valence-corrected chi connectivity index (χ1v) is 7.82. The van der Waals surface area contributed by atoms with Crippen molar-refractivity contribution in [1.82, 2.24) is 15.3 Å². The van der Waals surface area contributed by atoms with E-state index in [1.807, 2.05) is 18.5 Å². The summed E-state index contributed by atoms with van der Waals surface area (Å²) >= 11 is 3.47. The summed E-state index contributed by atoms with van der Waals surface area (Å²) in [4.78, 5) is 8.49. The van der Waals surface area contributed by atoms with Gasteiger partial charge in [0, 0.05) is 35.2 Å². The molecule has 0 aliphatic carbocycles. The van der Waals surface area contributed by atoms with Crippen LogP contribution < -0.4 is 10.1 Å². The predicted molar refractivity (Wildman–Crippen MR) is 87.6 cm³/mol. The molecule has 2 rings (SSSR count). The first kappa shape index (κ1) is 15.9. The fourth-order valence-electron chi connectivity index (χ4n) is 2.29. The zero-order valence-electron chi connectivity index (χ0n) is 12.3. The largest absolute Gasteiger partial charge is 0.481 e. The number of nitrogens with zero attached hydrogens (tertiary/aromatic N) is 2. The minimum atomic E-state index is 0.362. The van der Waals surface area contributed by atoms with Crippen molar-refractivity contribution < 1.29 is 4.74 Å². The highest BCUT2D eigenvalue weighted by Crippen LogP contribution is 2.14. The highest BCUT2D eigenvalue weighted by atomic mass is 79.9. The first-order valence-electron chi connectivity index (χ1n) is 7.03. The van der Waals surface area contributed by atoms with Gasteiger partial charge >= 0.3 is 0 Å². The molecule has 4 nitrogen and oxygen atoms in total. The standard InChI is InChI=1S/C16H20BrN3O/c1-3-19-15(8-13-6-14(17)11-18-9-13)7-12-4-5-16(21-2)20-10-12/h4-6,9-11,15,19H,3,7-8H2,1-2H3. The molecule has 0 aliphatic rings. The molecule has 0 aromatic carbocycles. The van der Waals surface area contributed by atoms with Gasteiger partial charge < -0.3 is 10.1 Å². The van der Waals surface area contributed by atoms with Crippen LogP contribution in [0, 0.1) is 0 Å². The SMILES string of the molecule is CCNC(Cc1ccc(OC)nc1)Cc1cncc(Br)c1. The molecule has 0 radical (unpaired) electrons. The molecule has 5 heteroatoms. The molecule has 2 heterocycles. The predicted octanol–water partition coefficient (Wildman–Crippen LogP) is 3.01. The number of aromatic nitrogens is 2. The number of hydrogen-bond donors (Lipinski definition) is 1. The Morgan fingerprint density at radius 3 is 2.62 bits per heavy atom. The van der Waals surface area contributed by atoms with Crippen LogP contribution in [0.15, 0.2) is 41.3 Å². The fraction of sp³-hybridized carbons (Fsp3) is 0.375. The van der Waals surface area contributed by atoms with Gasteiger partial charge in [-0.15, -0.1) is 0 Å². The van der Waals surface area contributed by atoms with Crippen LogP contribution in [0.4, 0.5) is 0 Å². The Labute approximate surface area is 134 Å². The Balaban J connectivity index is 2.04. The number of rotatable bonds is 7. The molecule has 2 aromatic rings. The van der Waals surface area contributed by atoms with E-state index in [4.69, 9.17) is 4.74 Å². The van der Waals surface area contributed by atoms with Crippen LogP contribution in [-0.4, -0.2) is 29.7 Å². The van der Waals surface area contributed by atoms with Crippen LogP contribution in [0.2, 0.25) is 0 Å². The second kappa shape index (κ2) is 8.10. The molecule has 0 saturated carbocycles. The maximum Gasteiger partial charge on any atom is 0.212 e. The molecule has 0 fully saturated rings. The van der Waals surface area contributed by atoms with Crippen molar-refractivity contribution >= 4 is 15.9 Å². The van der Waals surface area contributed by atoms with Gasteiger partial charge in [0.05, 0.1) is 7.11 Å². The Hall–Kier alpha value is -1.46. The number of ether oxygens (including phenoxy) is 1. The van der Waals surface area contributed by atoms with Crippen molar-refractivity contribution in [2.24, 2.45) is 0 Å². The van der Waals surface area contributed by atoms with Crippen LogP contribution >= 0.6 is 15.9 Å². The maximum atomic E-state index is 5.09. The third-order valence-electron chi connectivity index (χ3n) is 3.23. The van der Waals surface area contributed by atoms with Crippen LogP contribution in [0.5, 0.6) is 5.88 Å². The second-order valence-electron chi connectivity index (χ2n) is 4.88. The van der Waals surface area contributed by atoms with Gasteiger partial charge in [-0.2, -0.15) is 0 Å². The van der Waals surface area contributed by atoms with Crippen LogP contribution in [0.3, 0.4) is 0 Å². The number of hydrogen-bond acceptors (Lipinski definition) is 4. The Kier molecular flexibility index (Phi) is 6.14. The van der Waals surface area contributed by atoms with E-state index >= 15 is 0 Å². The average molecular weight is 350 g/mol. The fourth-order valence-corrected chi connectivity index (χ4v) is 2.71. The Morgan fingerprint density at radius 1 is 1.19 bits per heavy atom. The number of pyridine rings is 2. The van der Waals surface area contributed by atoms with E-state index in [-0.39, 0.29) is 0 Å². The molecule has 2 aromatic heterocycles. The molecule has 0 bridgehead atoms. The molecular formula is C16H20BrN3O. The zero-order chi connectivity index (χ0) is 15.1. The lowest BCUT2D eigenvalue weighted by molar-refractivity contribution is 0.397. The molecule has 0 spiro atoms. The molecule has 0 amide bonds. The highest BCUT2D eigenvalue weighted by Gasteiger charge is 2.10. The van der Waals surface area contributed by atoms with E-state index in [1.165, 1.54) is 11.1 Å². The van der Waals surface area contributed by atoms with Crippen LogP contribution in [0.1, 0.15) is 18.1 Å². The van der Waals surface area contributed by atoms with E-state index in [0.29, 0.717) is 11.9 Å². The van der Waals surface area contributed by atoms with Crippen LogP contribution in [-0.2, 0) is 12.8 Å². The van der Waals surface area contributed by atoms with Gasteiger partial charge in [0.15, 0.2) is 0 Å². The minimum absolute atomic E-state index is 0.362. The maximum absolute atomic E-state index is 5.09. The van der Waals surface area contributed by atoms with Crippen LogP contribution in [0.25, 0.3) is 0 Å². The van der Waals surface area contributed by atoms with Crippen molar-refractivity contribution in [3.63, 3.8) is 0 Å². The molecule has 0 saturated heterocycles. The Morgan fingerprint density at radius 2 is 2.00 bits per heavy atom. The second-order valence-corrected chi connectivity index (χ2v) is 5.80. The highest BCUT2D eigenvalue weighted by molar-refractivity contribution is 9.10. The number of nitrogens with one attached hydrogen (secondary N) is 1. The van der Waals surface area contributed by atoms with Gasteiger partial charge in [0.2, 0.25) is 5.88 Å². The van der Waals surface area contributed by atoms with Crippen molar-refractivity contribution in [2.45, 2.75) is 25.8 Å². The van der Waals surface area contributed by atoms with Gasteiger partial charge in [-0.25, -0.2) is 4.98 Å². The molecule has 1 N–H and O–H groups in total. The summed E-state index contributed by atoms with van der Waals surface area (Å²) in [5.41, 5.74) is 2.42. The summed E-state index contributed by atoms with van der Waals surface area (Å²) < 4.78 is 6.11. The third-order valence-corrected chi connectivity index (χ3v) is 3.66. The summed E-state index contributed by atoms with van der Waals surface area (Å²) in [6, 6.07) is 6.44. The molecule has 21 heavy (non-hydrogen) atoms. The van der Waals surface area contributed by atoms with E-state index in [1.54, 1.807) is 13.3 Å². The Bertz CT molecular complexity index is 560. The lowest BCUT2D eigenvalue weighted by atomic mass is 10.0. The van der Waals surface area contributed by atoms with E-state index in [0.717, 1.165) is 23.9 Å². The van der Waals surface area contributed by atoms with Gasteiger partial charge in [-0.05, 0) is 52.5 Å². The van der Waals surface area contributed by atoms with Crippen molar-refractivity contribution in [3.8, 4) is 5.88 Å². The quantitative estimate of drug-likeness (QED) is 0.834. The summed E-state index contributed by atoms with van der Waals surface area (Å²) in [6.45, 7) is 3.06. The average Bonchev–Trinajstić information content (AvgIpc) is 2.48. The molecule has 1 unspecified atom stereocenters. The topological polar surface area (TPSA) is 47.0 Å². The summed E-state index contributed by atoms with van der Waals surface area (Å²) in [5, 5.41) is 3.53. The van der Waals surface area contributed by atoms with Gasteiger partial charge in [-0.3, -0.25) is 4.98 Å². The van der Waals surface area contributed by atoms with E-state index in [9.17, 15) is 0 Å². The van der Waals surface area contributed by atoms with Crippen molar-refractivity contribution in [3.05, 3.63) is 52.4 Å². The summed E-state index contributed by atoms with van der Waals surface area (Å²) in [5.74, 6) is 0.648. The molecule has 1 atom stereocenters. The number of likely N-dealkylation sites (N-methyl/N-ethyl adjacent to an activating group) is 1. The van der Waals surface area contributed by atoms with Crippen molar-refractivity contribution in [1.29, 1.82) is 0 Å². The normalized spacial score (nSPS) is 12.1. The van der Waals surface area contributed by atoms with Gasteiger partial charge in [0.1, 0.15) is 0 Å². The van der Waals surface area contributed by atoms with E-state index in [2.05, 4.69) is 50.3 Å². The molecule has 0 aliphatic heterocycles. The minimum Gasteiger partial charge on any atom is -0.481 e. The van der Waals surface area contributed by atoms with Gasteiger partial charge in [0.25, 0.3) is 0 Å². The van der Waals surface area contributed by atoms with Crippen molar-refractivity contribution in [2.75, 3.05) is 13.7 Å². The number of halogens is 1. The monoisotopic (exact) mass is 349 g/mol. The smallest absolute Gasteiger partial charge is 0.212 e. The van der Waals surface area contributed by atoms with Gasteiger partial charge in [-0.1, -0.05) is 13.0 Å². The first-order chi connectivity index (χ1) is 10.2. The zero-order valence-corrected chi connectivity index (χ0v) is 13.9. The summed E-state index contributed by atoms with van der Waals surface area (Å²) in [7, 11) is 1.63. The molecule has 112 valence electrons. The summed E-state index contributed by atoms with van der Waals surface area (Å²) in [6.07, 6.45) is 7.46. The third kappa shape index (κ3) is 5.10. The lowest BCUT2D eigenvalue weighted by Crippen LogP contribution is -2.33. The van der Waals surface area contributed by atoms with E-state index < -0.39 is 0 Å². The molecular weight excluding hydrogens is 330 g/mol. The number of methoxy groups -OCH3 is 1.